The van der Waals surface area contributed by atoms with Crippen LogP contribution in [0.1, 0.15) is 0 Å². The van der Waals surface area contributed by atoms with Crippen LogP contribution in [-0.4, -0.2) is 73.5 Å². The zero-order valence-electron chi connectivity index (χ0n) is 16.0. The van der Waals surface area contributed by atoms with Crippen LogP contribution in [0.2, 0.25) is 0 Å². The SMILES string of the molecule is O=C(CN1CCN(c2ccc3nnc(-c4ccccc4)n3n2)CC1)Nc1nncs1. The number of benzene rings is 1. The first-order chi connectivity index (χ1) is 14.8. The van der Waals surface area contributed by atoms with Gasteiger partial charge in [0.05, 0.1) is 6.54 Å². The molecule has 0 radical (unpaired) electrons. The van der Waals surface area contributed by atoms with Crippen LogP contribution in [0.3, 0.4) is 0 Å². The van der Waals surface area contributed by atoms with E-state index in [1.807, 2.05) is 42.5 Å². The van der Waals surface area contributed by atoms with Gasteiger partial charge in [0, 0.05) is 31.7 Å². The first-order valence-electron chi connectivity index (χ1n) is 9.57. The van der Waals surface area contributed by atoms with Gasteiger partial charge in [0.1, 0.15) is 11.3 Å². The molecule has 0 saturated carbocycles. The van der Waals surface area contributed by atoms with E-state index in [4.69, 9.17) is 5.10 Å². The molecule has 0 atom stereocenters. The molecule has 4 heterocycles. The van der Waals surface area contributed by atoms with E-state index in [1.54, 1.807) is 10.0 Å². The molecule has 5 rings (SSSR count). The van der Waals surface area contributed by atoms with E-state index in [0.717, 1.165) is 43.4 Å². The molecule has 1 N–H and O–H groups in total. The summed E-state index contributed by atoms with van der Waals surface area (Å²) in [5.74, 6) is 1.52. The molecule has 1 amide bonds. The second-order valence-electron chi connectivity index (χ2n) is 6.91. The van der Waals surface area contributed by atoms with E-state index in [9.17, 15) is 4.79 Å². The van der Waals surface area contributed by atoms with Crippen molar-refractivity contribution in [2.45, 2.75) is 0 Å². The molecular formula is C19H19N9OS. The van der Waals surface area contributed by atoms with Gasteiger partial charge in [-0.3, -0.25) is 15.0 Å². The third-order valence-electron chi connectivity index (χ3n) is 4.95. The topological polar surface area (TPSA) is 104 Å². The number of carbonyl (C=O) groups excluding carboxylic acids is 1. The third-order valence-corrected chi connectivity index (χ3v) is 5.56. The number of amides is 1. The average Bonchev–Trinajstić information content (AvgIpc) is 3.44. The summed E-state index contributed by atoms with van der Waals surface area (Å²) in [6.07, 6.45) is 0. The Kier molecular flexibility index (Phi) is 5.03. The molecule has 30 heavy (non-hydrogen) atoms. The van der Waals surface area contributed by atoms with Crippen LogP contribution < -0.4 is 10.2 Å². The van der Waals surface area contributed by atoms with Crippen molar-refractivity contribution in [2.24, 2.45) is 0 Å². The molecule has 0 unspecified atom stereocenters. The standard InChI is InChI=1S/C19H19N9OS/c29-17(21-19-24-20-13-30-19)12-26-8-10-27(11-9-26)16-7-6-15-22-23-18(28(15)25-16)14-4-2-1-3-5-14/h1-7,13H,8-12H2,(H,21,24,29). The van der Waals surface area contributed by atoms with Gasteiger partial charge >= 0.3 is 0 Å². The fourth-order valence-corrected chi connectivity index (χ4v) is 3.90. The highest BCUT2D eigenvalue weighted by molar-refractivity contribution is 7.13. The summed E-state index contributed by atoms with van der Waals surface area (Å²) in [5.41, 5.74) is 3.28. The summed E-state index contributed by atoms with van der Waals surface area (Å²) >= 11 is 1.31. The summed E-state index contributed by atoms with van der Waals surface area (Å²) in [6, 6.07) is 13.8. The van der Waals surface area contributed by atoms with Crippen molar-refractivity contribution in [1.82, 2.24) is 34.9 Å². The maximum absolute atomic E-state index is 12.2. The Bertz CT molecular complexity index is 1140. The second-order valence-corrected chi connectivity index (χ2v) is 7.74. The summed E-state index contributed by atoms with van der Waals surface area (Å²) < 4.78 is 1.78. The van der Waals surface area contributed by atoms with Gasteiger partial charge in [0.25, 0.3) is 0 Å². The molecule has 0 bridgehead atoms. The van der Waals surface area contributed by atoms with Crippen molar-refractivity contribution in [1.29, 1.82) is 0 Å². The van der Waals surface area contributed by atoms with E-state index in [-0.39, 0.29) is 5.91 Å². The molecular weight excluding hydrogens is 402 g/mol. The molecule has 0 spiro atoms. The van der Waals surface area contributed by atoms with Crippen molar-refractivity contribution >= 4 is 33.8 Å². The molecule has 11 heteroatoms. The Hall–Kier alpha value is -3.44. The lowest BCUT2D eigenvalue weighted by molar-refractivity contribution is -0.117. The number of fused-ring (bicyclic) bond motifs is 1. The van der Waals surface area contributed by atoms with Crippen molar-refractivity contribution in [3.8, 4) is 11.4 Å². The van der Waals surface area contributed by atoms with Gasteiger partial charge in [-0.25, -0.2) is 0 Å². The monoisotopic (exact) mass is 421 g/mol. The van der Waals surface area contributed by atoms with Crippen LogP contribution in [0.25, 0.3) is 17.0 Å². The summed E-state index contributed by atoms with van der Waals surface area (Å²) in [5, 5.41) is 24.2. The van der Waals surface area contributed by atoms with Crippen molar-refractivity contribution < 1.29 is 4.79 Å². The molecule has 3 aromatic heterocycles. The predicted molar refractivity (Wildman–Crippen MR) is 113 cm³/mol. The first-order valence-corrected chi connectivity index (χ1v) is 10.5. The Morgan fingerprint density at radius 2 is 1.83 bits per heavy atom. The van der Waals surface area contributed by atoms with Crippen LogP contribution in [0.15, 0.2) is 48.0 Å². The van der Waals surface area contributed by atoms with E-state index in [0.29, 0.717) is 17.3 Å². The first kappa shape index (κ1) is 18.6. The Morgan fingerprint density at radius 3 is 2.60 bits per heavy atom. The van der Waals surface area contributed by atoms with Crippen LogP contribution in [-0.2, 0) is 4.79 Å². The van der Waals surface area contributed by atoms with Crippen LogP contribution in [0.4, 0.5) is 10.9 Å². The van der Waals surface area contributed by atoms with Crippen LogP contribution >= 0.6 is 11.3 Å². The third kappa shape index (κ3) is 3.84. The molecule has 4 aromatic rings. The fraction of sp³-hybridized carbons (Fsp3) is 0.263. The lowest BCUT2D eigenvalue weighted by Gasteiger charge is -2.34. The quantitative estimate of drug-likeness (QED) is 0.516. The zero-order valence-corrected chi connectivity index (χ0v) is 16.9. The summed E-state index contributed by atoms with van der Waals surface area (Å²) in [7, 11) is 0. The number of nitrogens with one attached hydrogen (secondary N) is 1. The van der Waals surface area contributed by atoms with E-state index in [2.05, 4.69) is 35.5 Å². The van der Waals surface area contributed by atoms with Crippen LogP contribution in [0.5, 0.6) is 0 Å². The maximum atomic E-state index is 12.2. The van der Waals surface area contributed by atoms with Gasteiger partial charge < -0.3 is 4.90 Å². The number of nitrogens with zero attached hydrogens (tertiary/aromatic N) is 8. The number of aromatic nitrogens is 6. The molecule has 0 aliphatic carbocycles. The highest BCUT2D eigenvalue weighted by Gasteiger charge is 2.21. The minimum absolute atomic E-state index is 0.0725. The zero-order chi connectivity index (χ0) is 20.3. The Morgan fingerprint density at radius 1 is 1.00 bits per heavy atom. The normalized spacial score (nSPS) is 14.9. The van der Waals surface area contributed by atoms with Gasteiger partial charge in [-0.15, -0.1) is 25.5 Å². The number of hydrogen-bond acceptors (Lipinski definition) is 9. The predicted octanol–water partition coefficient (Wildman–Crippen LogP) is 1.40. The molecule has 10 nitrogen and oxygen atoms in total. The van der Waals surface area contributed by atoms with Gasteiger partial charge in [-0.2, -0.15) is 4.52 Å². The van der Waals surface area contributed by atoms with Crippen molar-refractivity contribution in [3.63, 3.8) is 0 Å². The molecule has 1 aliphatic heterocycles. The highest BCUT2D eigenvalue weighted by atomic mass is 32.1. The molecule has 1 saturated heterocycles. The van der Waals surface area contributed by atoms with Crippen molar-refractivity contribution in [2.75, 3.05) is 42.9 Å². The van der Waals surface area contributed by atoms with Gasteiger partial charge in [0.15, 0.2) is 11.5 Å². The minimum atomic E-state index is -0.0725. The van der Waals surface area contributed by atoms with E-state index >= 15 is 0 Å². The lowest BCUT2D eigenvalue weighted by Crippen LogP contribution is -2.49. The number of carbonyl (C=O) groups is 1. The Labute approximate surface area is 176 Å². The summed E-state index contributed by atoms with van der Waals surface area (Å²) in [4.78, 5) is 16.5. The van der Waals surface area contributed by atoms with Gasteiger partial charge in [-0.1, -0.05) is 41.7 Å². The second kappa shape index (κ2) is 8.13. The number of piperazine rings is 1. The molecule has 1 fully saturated rings. The lowest BCUT2D eigenvalue weighted by atomic mass is 10.2. The van der Waals surface area contributed by atoms with E-state index in [1.165, 1.54) is 11.3 Å². The number of rotatable bonds is 5. The molecule has 1 aromatic carbocycles. The maximum Gasteiger partial charge on any atom is 0.240 e. The Balaban J connectivity index is 1.25. The van der Waals surface area contributed by atoms with E-state index < -0.39 is 0 Å². The number of hydrogen-bond donors (Lipinski definition) is 1. The number of anilines is 2. The van der Waals surface area contributed by atoms with Gasteiger partial charge in [0.2, 0.25) is 11.0 Å². The van der Waals surface area contributed by atoms with Gasteiger partial charge in [-0.05, 0) is 12.1 Å². The average molecular weight is 421 g/mol. The minimum Gasteiger partial charge on any atom is -0.353 e. The molecule has 1 aliphatic rings. The smallest absolute Gasteiger partial charge is 0.240 e. The fourth-order valence-electron chi connectivity index (χ4n) is 3.44. The summed E-state index contributed by atoms with van der Waals surface area (Å²) in [6.45, 7) is 3.46. The highest BCUT2D eigenvalue weighted by Crippen LogP contribution is 2.20. The largest absolute Gasteiger partial charge is 0.353 e. The van der Waals surface area contributed by atoms with Crippen LogP contribution in [0, 0.1) is 0 Å². The molecule has 152 valence electrons. The van der Waals surface area contributed by atoms with Crippen molar-refractivity contribution in [3.05, 3.63) is 48.0 Å².